The van der Waals surface area contributed by atoms with E-state index in [9.17, 15) is 9.90 Å². The maximum Gasteiger partial charge on any atom is 0.258 e. The lowest BCUT2D eigenvalue weighted by Crippen LogP contribution is -2.07. The van der Waals surface area contributed by atoms with Crippen LogP contribution in [0, 0.1) is 0 Å². The van der Waals surface area contributed by atoms with E-state index in [1.165, 1.54) is 6.33 Å². The van der Waals surface area contributed by atoms with E-state index in [1.807, 2.05) is 30.3 Å². The number of aliphatic hydroxyl groups is 1. The Kier molecular flexibility index (Phi) is 2.85. The molecule has 0 spiro atoms. The Balaban J connectivity index is 2.11. The molecule has 0 saturated carbocycles. The van der Waals surface area contributed by atoms with E-state index in [4.69, 9.17) is 0 Å². The summed E-state index contributed by atoms with van der Waals surface area (Å²) < 4.78 is 0. The van der Waals surface area contributed by atoms with Gasteiger partial charge in [0.25, 0.3) is 5.56 Å². The van der Waals surface area contributed by atoms with E-state index in [2.05, 4.69) is 9.97 Å². The van der Waals surface area contributed by atoms with Crippen molar-refractivity contribution in [2.75, 3.05) is 0 Å². The molecule has 94 valence electrons. The number of fused-ring (bicyclic) bond motifs is 1. The van der Waals surface area contributed by atoms with Crippen LogP contribution in [-0.4, -0.2) is 15.1 Å². The number of benzene rings is 2. The molecule has 0 radical (unpaired) electrons. The molecular weight excluding hydrogens is 240 g/mol. The Labute approximate surface area is 109 Å². The molecule has 19 heavy (non-hydrogen) atoms. The summed E-state index contributed by atoms with van der Waals surface area (Å²) in [6.45, 7) is 0. The van der Waals surface area contributed by atoms with Crippen LogP contribution in [-0.2, 0) is 0 Å². The molecule has 1 atom stereocenters. The van der Waals surface area contributed by atoms with Gasteiger partial charge in [0, 0.05) is 0 Å². The van der Waals surface area contributed by atoms with Gasteiger partial charge in [-0.15, -0.1) is 0 Å². The van der Waals surface area contributed by atoms with Gasteiger partial charge >= 0.3 is 0 Å². The number of H-pyrrole nitrogens is 1. The lowest BCUT2D eigenvalue weighted by Gasteiger charge is -2.11. The minimum Gasteiger partial charge on any atom is -0.384 e. The Morgan fingerprint density at radius 3 is 2.63 bits per heavy atom. The van der Waals surface area contributed by atoms with Gasteiger partial charge in [-0.05, 0) is 23.3 Å². The maximum atomic E-state index is 11.7. The van der Waals surface area contributed by atoms with E-state index in [-0.39, 0.29) is 5.56 Å². The number of hydrogen-bond donors (Lipinski definition) is 2. The van der Waals surface area contributed by atoms with Crippen molar-refractivity contribution in [2.45, 2.75) is 6.10 Å². The fourth-order valence-corrected chi connectivity index (χ4v) is 2.08. The molecule has 3 rings (SSSR count). The van der Waals surface area contributed by atoms with Gasteiger partial charge in [0.1, 0.15) is 6.10 Å². The maximum absolute atomic E-state index is 11.7. The van der Waals surface area contributed by atoms with Crippen LogP contribution in [0.5, 0.6) is 0 Å². The Morgan fingerprint density at radius 1 is 1.05 bits per heavy atom. The van der Waals surface area contributed by atoms with Gasteiger partial charge < -0.3 is 10.1 Å². The zero-order valence-electron chi connectivity index (χ0n) is 10.1. The van der Waals surface area contributed by atoms with Gasteiger partial charge in [-0.25, -0.2) is 4.98 Å². The molecule has 1 heterocycles. The third-order valence-corrected chi connectivity index (χ3v) is 3.10. The first-order valence-corrected chi connectivity index (χ1v) is 5.96. The average molecular weight is 252 g/mol. The van der Waals surface area contributed by atoms with Gasteiger partial charge in [0.2, 0.25) is 0 Å². The van der Waals surface area contributed by atoms with E-state index in [0.29, 0.717) is 16.5 Å². The topological polar surface area (TPSA) is 66.0 Å². The third-order valence-electron chi connectivity index (χ3n) is 3.10. The molecule has 0 saturated heterocycles. The van der Waals surface area contributed by atoms with E-state index < -0.39 is 6.10 Å². The molecule has 0 fully saturated rings. The van der Waals surface area contributed by atoms with Crippen LogP contribution in [0.1, 0.15) is 17.2 Å². The summed E-state index contributed by atoms with van der Waals surface area (Å²) in [5, 5.41) is 10.8. The molecule has 0 amide bonds. The number of rotatable bonds is 2. The fourth-order valence-electron chi connectivity index (χ4n) is 2.08. The summed E-state index contributed by atoms with van der Waals surface area (Å²) >= 11 is 0. The van der Waals surface area contributed by atoms with Crippen molar-refractivity contribution in [2.24, 2.45) is 0 Å². The van der Waals surface area contributed by atoms with Crippen LogP contribution in [0.15, 0.2) is 59.7 Å². The highest BCUT2D eigenvalue weighted by atomic mass is 16.3. The highest BCUT2D eigenvalue weighted by Gasteiger charge is 2.11. The predicted molar refractivity (Wildman–Crippen MR) is 72.9 cm³/mol. The number of aliphatic hydroxyl groups excluding tert-OH is 1. The van der Waals surface area contributed by atoms with Crippen LogP contribution in [0.25, 0.3) is 10.9 Å². The molecule has 4 heteroatoms. The van der Waals surface area contributed by atoms with Crippen LogP contribution < -0.4 is 5.56 Å². The average Bonchev–Trinajstić information content (AvgIpc) is 2.47. The third kappa shape index (κ3) is 2.13. The summed E-state index contributed by atoms with van der Waals surface area (Å²) in [7, 11) is 0. The van der Waals surface area contributed by atoms with Crippen molar-refractivity contribution in [1.82, 2.24) is 9.97 Å². The van der Waals surface area contributed by atoms with Gasteiger partial charge in [-0.2, -0.15) is 0 Å². The standard InChI is InChI=1S/C15H12N2O2/c18-14(10-4-2-1-3-5-10)11-6-7-13-12(8-11)15(19)17-9-16-13/h1-9,14,18H,(H,16,17,19). The van der Waals surface area contributed by atoms with E-state index in [1.54, 1.807) is 18.2 Å². The lowest BCUT2D eigenvalue weighted by atomic mass is 10.0. The van der Waals surface area contributed by atoms with Gasteiger partial charge in [0.05, 0.1) is 17.2 Å². The first-order chi connectivity index (χ1) is 9.25. The highest BCUT2D eigenvalue weighted by Crippen LogP contribution is 2.23. The van der Waals surface area contributed by atoms with Crippen molar-refractivity contribution in [3.8, 4) is 0 Å². The molecule has 1 aromatic heterocycles. The molecule has 3 aromatic rings. The number of hydrogen-bond acceptors (Lipinski definition) is 3. The minimum absolute atomic E-state index is 0.202. The summed E-state index contributed by atoms with van der Waals surface area (Å²) in [5.41, 5.74) is 1.89. The van der Waals surface area contributed by atoms with Crippen molar-refractivity contribution >= 4 is 10.9 Å². The monoisotopic (exact) mass is 252 g/mol. The number of aromatic nitrogens is 2. The van der Waals surface area contributed by atoms with Crippen molar-refractivity contribution < 1.29 is 5.11 Å². The molecule has 0 aliphatic rings. The summed E-state index contributed by atoms with van der Waals surface area (Å²) in [5.74, 6) is 0. The van der Waals surface area contributed by atoms with Crippen molar-refractivity contribution in [3.63, 3.8) is 0 Å². The van der Waals surface area contributed by atoms with Gasteiger partial charge in [-0.1, -0.05) is 36.4 Å². The smallest absolute Gasteiger partial charge is 0.258 e. The Hall–Kier alpha value is -2.46. The molecule has 1 unspecified atom stereocenters. The second-order valence-electron chi connectivity index (χ2n) is 4.32. The van der Waals surface area contributed by atoms with Gasteiger partial charge in [0.15, 0.2) is 0 Å². The van der Waals surface area contributed by atoms with E-state index >= 15 is 0 Å². The van der Waals surface area contributed by atoms with Crippen LogP contribution >= 0.6 is 0 Å². The Morgan fingerprint density at radius 2 is 1.84 bits per heavy atom. The zero-order chi connectivity index (χ0) is 13.2. The van der Waals surface area contributed by atoms with Gasteiger partial charge in [-0.3, -0.25) is 4.79 Å². The molecule has 0 aliphatic carbocycles. The molecule has 4 nitrogen and oxygen atoms in total. The summed E-state index contributed by atoms with van der Waals surface area (Å²) in [6, 6.07) is 14.5. The summed E-state index contributed by atoms with van der Waals surface area (Å²) in [6.07, 6.45) is 0.628. The number of nitrogens with one attached hydrogen (secondary N) is 1. The minimum atomic E-state index is -0.745. The van der Waals surface area contributed by atoms with Crippen LogP contribution in [0.4, 0.5) is 0 Å². The first-order valence-electron chi connectivity index (χ1n) is 5.96. The molecular formula is C15H12N2O2. The Bertz CT molecular complexity index is 766. The quantitative estimate of drug-likeness (QED) is 0.733. The van der Waals surface area contributed by atoms with Crippen LogP contribution in [0.2, 0.25) is 0 Å². The van der Waals surface area contributed by atoms with Crippen LogP contribution in [0.3, 0.4) is 0 Å². The molecule has 0 bridgehead atoms. The number of aromatic amines is 1. The fraction of sp³-hybridized carbons (Fsp3) is 0.0667. The normalized spacial score (nSPS) is 12.5. The molecule has 0 aliphatic heterocycles. The second-order valence-corrected chi connectivity index (χ2v) is 4.32. The van der Waals surface area contributed by atoms with Crippen molar-refractivity contribution in [1.29, 1.82) is 0 Å². The first kappa shape index (κ1) is 11.6. The molecule has 2 N–H and O–H groups in total. The lowest BCUT2D eigenvalue weighted by molar-refractivity contribution is 0.220. The zero-order valence-corrected chi connectivity index (χ0v) is 10.1. The predicted octanol–water partition coefficient (Wildman–Crippen LogP) is 2.00. The SMILES string of the molecule is O=c1[nH]cnc2ccc(C(O)c3ccccc3)cc12. The van der Waals surface area contributed by atoms with E-state index in [0.717, 1.165) is 5.56 Å². The summed E-state index contributed by atoms with van der Waals surface area (Å²) in [4.78, 5) is 18.3. The van der Waals surface area contributed by atoms with Crippen molar-refractivity contribution in [3.05, 3.63) is 76.3 Å². The number of nitrogens with zero attached hydrogens (tertiary/aromatic N) is 1. The largest absolute Gasteiger partial charge is 0.384 e. The molecule has 2 aromatic carbocycles. The highest BCUT2D eigenvalue weighted by molar-refractivity contribution is 5.78. The second kappa shape index (κ2) is 4.66.